The van der Waals surface area contributed by atoms with Gasteiger partial charge in [0.05, 0.1) is 0 Å². The number of hydrogen-bond donors (Lipinski definition) is 0. The van der Waals surface area contributed by atoms with Crippen LogP contribution >= 0.6 is 0 Å². The van der Waals surface area contributed by atoms with Gasteiger partial charge in [-0.25, -0.2) is 0 Å². The predicted molar refractivity (Wildman–Crippen MR) is 89.1 cm³/mol. The topological polar surface area (TPSA) is 0 Å². The number of allylic oxidation sites excluding steroid dienone is 2. The van der Waals surface area contributed by atoms with Crippen molar-refractivity contribution in [2.45, 2.75) is 54.6 Å². The van der Waals surface area contributed by atoms with Gasteiger partial charge in [-0.2, -0.15) is 0 Å². The van der Waals surface area contributed by atoms with Crippen molar-refractivity contribution in [1.82, 2.24) is 0 Å². The molecule has 1 aromatic rings. The molecular weight excluding hydrogens is 289 g/mol. The van der Waals surface area contributed by atoms with E-state index in [4.69, 9.17) is 0 Å². The molecule has 1 aromatic carbocycles. The first-order valence-corrected chi connectivity index (χ1v) is 15.6. The first kappa shape index (κ1) is 14.9. The minimum absolute atomic E-state index is 0.841. The van der Waals surface area contributed by atoms with E-state index in [0.29, 0.717) is 0 Å². The van der Waals surface area contributed by atoms with Crippen molar-refractivity contribution >= 4 is 18.8 Å². The summed E-state index contributed by atoms with van der Waals surface area (Å²) in [4.78, 5) is 0. The zero-order valence-corrected chi connectivity index (χ0v) is 14.9. The third kappa shape index (κ3) is 5.18. The average molecular weight is 317 g/mol. The fourth-order valence-electron chi connectivity index (χ4n) is 3.07. The van der Waals surface area contributed by atoms with Crippen molar-refractivity contribution in [3.8, 4) is 0 Å². The molecule has 0 heterocycles. The molecule has 0 amide bonds. The molecular formula is C18H28Ge. The summed E-state index contributed by atoms with van der Waals surface area (Å²) < 4.78 is 0. The Labute approximate surface area is 121 Å². The first-order chi connectivity index (χ1) is 9.04. The SMILES string of the molecule is [CH3][Ge]([CH3])([CH3])[CH2]/C(=C\C1CCCCC1)c1ccccc1. The second-order valence-electron chi connectivity index (χ2n) is 7.19. The summed E-state index contributed by atoms with van der Waals surface area (Å²) in [5, 5.41) is 1.36. The maximum atomic E-state index is 2.63. The molecule has 104 valence electrons. The van der Waals surface area contributed by atoms with Crippen LogP contribution in [0.1, 0.15) is 37.7 Å². The van der Waals surface area contributed by atoms with Crippen molar-refractivity contribution in [2.75, 3.05) is 0 Å². The Hall–Kier alpha value is -0.497. The van der Waals surface area contributed by atoms with Gasteiger partial charge in [0.1, 0.15) is 0 Å². The molecule has 0 aromatic heterocycles. The van der Waals surface area contributed by atoms with Crippen LogP contribution in [0.4, 0.5) is 0 Å². The van der Waals surface area contributed by atoms with Crippen LogP contribution in [-0.4, -0.2) is 13.3 Å². The minimum atomic E-state index is -1.55. The Morgan fingerprint density at radius 1 is 1.05 bits per heavy atom. The van der Waals surface area contributed by atoms with E-state index in [1.165, 1.54) is 42.9 Å². The molecule has 0 aliphatic heterocycles. The Morgan fingerprint density at radius 2 is 1.68 bits per heavy atom. The molecule has 0 nitrogen and oxygen atoms in total. The third-order valence-electron chi connectivity index (χ3n) is 3.95. The Morgan fingerprint density at radius 3 is 2.26 bits per heavy atom. The molecule has 1 fully saturated rings. The normalized spacial score (nSPS) is 18.6. The van der Waals surface area contributed by atoms with Gasteiger partial charge < -0.3 is 0 Å². The molecule has 2 rings (SSSR count). The van der Waals surface area contributed by atoms with Crippen LogP contribution < -0.4 is 0 Å². The standard InChI is InChI=1S/C18H28Ge/c1-19(2,3)15-18(17-12-8-5-9-13-17)14-16-10-6-4-7-11-16/h5,8-9,12-14,16H,4,6-7,10-11,15H2,1-3H3/b18-14+. The fourth-order valence-corrected chi connectivity index (χ4v) is 6.14. The molecule has 1 heteroatoms. The van der Waals surface area contributed by atoms with Gasteiger partial charge in [0.25, 0.3) is 0 Å². The molecule has 0 spiro atoms. The van der Waals surface area contributed by atoms with E-state index in [0.717, 1.165) is 5.92 Å². The molecule has 19 heavy (non-hydrogen) atoms. The third-order valence-corrected chi connectivity index (χ3v) is 6.98. The van der Waals surface area contributed by atoms with Crippen LogP contribution in [0.15, 0.2) is 36.4 Å². The summed E-state index contributed by atoms with van der Waals surface area (Å²) in [5.41, 5.74) is 3.11. The van der Waals surface area contributed by atoms with E-state index in [9.17, 15) is 0 Å². The van der Waals surface area contributed by atoms with E-state index in [1.807, 2.05) is 0 Å². The van der Waals surface area contributed by atoms with E-state index in [-0.39, 0.29) is 0 Å². The van der Waals surface area contributed by atoms with Gasteiger partial charge in [-0.05, 0) is 0 Å². The number of rotatable bonds is 4. The van der Waals surface area contributed by atoms with E-state index >= 15 is 0 Å². The predicted octanol–water partition coefficient (Wildman–Crippen LogP) is 5.99. The number of benzene rings is 1. The van der Waals surface area contributed by atoms with E-state index < -0.39 is 13.3 Å². The van der Waals surface area contributed by atoms with Gasteiger partial charge in [0.2, 0.25) is 0 Å². The molecule has 0 saturated heterocycles. The van der Waals surface area contributed by atoms with Crippen molar-refractivity contribution in [2.24, 2.45) is 5.92 Å². The van der Waals surface area contributed by atoms with Gasteiger partial charge in [0, 0.05) is 0 Å². The zero-order valence-electron chi connectivity index (χ0n) is 12.8. The van der Waals surface area contributed by atoms with Crippen LogP contribution in [0.2, 0.25) is 22.5 Å². The Balaban J connectivity index is 2.20. The molecule has 0 bridgehead atoms. The Bertz CT molecular complexity index is 405. The van der Waals surface area contributed by atoms with Gasteiger partial charge in [-0.15, -0.1) is 0 Å². The van der Waals surface area contributed by atoms with Crippen LogP contribution in [-0.2, 0) is 0 Å². The molecule has 1 aliphatic carbocycles. The van der Waals surface area contributed by atoms with Crippen LogP contribution in [0, 0.1) is 5.92 Å². The average Bonchev–Trinajstić information content (AvgIpc) is 2.39. The second-order valence-corrected chi connectivity index (χ2v) is 18.7. The fraction of sp³-hybridized carbons (Fsp3) is 0.556. The summed E-state index contributed by atoms with van der Waals surface area (Å²) in [7, 11) is 0. The zero-order chi connectivity index (χ0) is 13.7. The molecule has 1 saturated carbocycles. The van der Waals surface area contributed by atoms with Crippen molar-refractivity contribution in [1.29, 1.82) is 0 Å². The summed E-state index contributed by atoms with van der Waals surface area (Å²) in [6, 6.07) is 11.1. The van der Waals surface area contributed by atoms with Gasteiger partial charge in [-0.3, -0.25) is 0 Å². The molecule has 0 N–H and O–H groups in total. The molecule has 0 unspecified atom stereocenters. The van der Waals surface area contributed by atoms with Crippen LogP contribution in [0.5, 0.6) is 0 Å². The van der Waals surface area contributed by atoms with Crippen molar-refractivity contribution in [3.05, 3.63) is 42.0 Å². The number of hydrogen-bond acceptors (Lipinski definition) is 0. The van der Waals surface area contributed by atoms with Gasteiger partial charge in [-0.1, -0.05) is 0 Å². The monoisotopic (exact) mass is 318 g/mol. The summed E-state index contributed by atoms with van der Waals surface area (Å²) >= 11 is -1.55. The molecule has 0 radical (unpaired) electrons. The maximum absolute atomic E-state index is 2.63. The van der Waals surface area contributed by atoms with Crippen LogP contribution in [0.25, 0.3) is 5.57 Å². The summed E-state index contributed by atoms with van der Waals surface area (Å²) in [6.45, 7) is 0. The summed E-state index contributed by atoms with van der Waals surface area (Å²) in [6.07, 6.45) is 9.76. The summed E-state index contributed by atoms with van der Waals surface area (Å²) in [5.74, 6) is 8.42. The van der Waals surface area contributed by atoms with Gasteiger partial charge in [0.15, 0.2) is 0 Å². The second kappa shape index (κ2) is 6.79. The Kier molecular flexibility index (Phi) is 5.32. The first-order valence-electron chi connectivity index (χ1n) is 7.81. The van der Waals surface area contributed by atoms with E-state index in [1.54, 1.807) is 5.57 Å². The van der Waals surface area contributed by atoms with Crippen molar-refractivity contribution in [3.63, 3.8) is 0 Å². The molecule has 1 aliphatic rings. The van der Waals surface area contributed by atoms with Gasteiger partial charge >= 0.3 is 121 Å². The molecule has 0 atom stereocenters. The van der Waals surface area contributed by atoms with Crippen molar-refractivity contribution < 1.29 is 0 Å². The quantitative estimate of drug-likeness (QED) is 0.599. The van der Waals surface area contributed by atoms with E-state index in [2.05, 4.69) is 53.7 Å². The van der Waals surface area contributed by atoms with Crippen LogP contribution in [0.3, 0.4) is 0 Å².